The molecule has 27 heavy (non-hydrogen) atoms. The fourth-order valence-corrected chi connectivity index (χ4v) is 5.49. The van der Waals surface area contributed by atoms with Gasteiger partial charge in [0.25, 0.3) is 5.91 Å². The number of carbonyl (C=O) groups is 1. The number of phenols is 1. The van der Waals surface area contributed by atoms with E-state index in [1.165, 1.54) is 13.1 Å². The zero-order valence-electron chi connectivity index (χ0n) is 15.6. The molecule has 4 aliphatic heterocycles. The first kappa shape index (κ1) is 16.7. The van der Waals surface area contributed by atoms with E-state index in [0.29, 0.717) is 5.92 Å². The van der Waals surface area contributed by atoms with E-state index in [9.17, 15) is 9.90 Å². The third kappa shape index (κ3) is 2.80. The molecule has 4 bridgehead atoms. The Morgan fingerprint density at radius 3 is 2.41 bits per heavy atom. The Morgan fingerprint density at radius 2 is 1.78 bits per heavy atom. The molecule has 0 aromatic heterocycles. The van der Waals surface area contributed by atoms with Crippen LogP contribution < -0.4 is 15.2 Å². The maximum absolute atomic E-state index is 12.7. The summed E-state index contributed by atoms with van der Waals surface area (Å²) in [7, 11) is 0. The molecule has 2 unspecified atom stereocenters. The van der Waals surface area contributed by atoms with Crippen molar-refractivity contribution in [1.29, 1.82) is 0 Å². The predicted octanol–water partition coefficient (Wildman–Crippen LogP) is -0.936. The number of carbonyl (C=O) groups excluding carboxylic acids is 1. The standard InChI is InChI=1S/C21H24N4O2/c1-21-12-24-6-7-25(13-21)11-16(10-24)19(21)22-23-20(27)17-8-14-4-2-3-5-15(14)9-18(17)26/h2-5,8-9,16,26H,6-7,10-13H2,1H3,(H,23,27)/p+2/b22-19-. The zero-order valence-corrected chi connectivity index (χ0v) is 15.6. The molecule has 0 spiro atoms. The van der Waals surface area contributed by atoms with E-state index in [2.05, 4.69) is 17.5 Å². The molecule has 140 valence electrons. The Bertz CT molecular complexity index is 938. The van der Waals surface area contributed by atoms with Crippen LogP contribution in [0.4, 0.5) is 0 Å². The number of hydrogen-bond acceptors (Lipinski definition) is 3. The first-order chi connectivity index (χ1) is 13.0. The number of hydrogen-bond donors (Lipinski definition) is 4. The van der Waals surface area contributed by atoms with Crippen LogP contribution >= 0.6 is 0 Å². The third-order valence-corrected chi connectivity index (χ3v) is 6.57. The fraction of sp³-hybridized carbons (Fsp3) is 0.429. The number of fused-ring (bicyclic) bond motifs is 2. The van der Waals surface area contributed by atoms with Gasteiger partial charge in [0.05, 0.1) is 43.4 Å². The summed E-state index contributed by atoms with van der Waals surface area (Å²) in [5.41, 5.74) is 4.22. The SMILES string of the molecule is CC12C[NH+]3CC[NH+](CC(C3)/C1=N/NC(=O)c1cc3ccccc3cc1O)C2. The van der Waals surface area contributed by atoms with Gasteiger partial charge in [0.15, 0.2) is 0 Å². The molecule has 4 saturated heterocycles. The first-order valence-electron chi connectivity index (χ1n) is 9.79. The van der Waals surface area contributed by atoms with Crippen molar-refractivity contribution in [3.63, 3.8) is 0 Å². The van der Waals surface area contributed by atoms with Crippen molar-refractivity contribution in [2.45, 2.75) is 6.92 Å². The predicted molar refractivity (Wildman–Crippen MR) is 103 cm³/mol. The molecule has 2 aromatic rings. The van der Waals surface area contributed by atoms with Crippen molar-refractivity contribution in [2.24, 2.45) is 16.4 Å². The van der Waals surface area contributed by atoms with Gasteiger partial charge >= 0.3 is 0 Å². The van der Waals surface area contributed by atoms with Crippen molar-refractivity contribution in [3.05, 3.63) is 42.0 Å². The monoisotopic (exact) mass is 366 g/mol. The van der Waals surface area contributed by atoms with Gasteiger partial charge in [0.2, 0.25) is 0 Å². The molecule has 4 heterocycles. The number of piperidine rings is 2. The van der Waals surface area contributed by atoms with Crippen molar-refractivity contribution in [2.75, 3.05) is 39.3 Å². The van der Waals surface area contributed by atoms with Crippen LogP contribution in [-0.2, 0) is 0 Å². The number of benzene rings is 2. The summed E-state index contributed by atoms with van der Waals surface area (Å²) >= 11 is 0. The minimum absolute atomic E-state index is 0.00870. The molecule has 0 aliphatic carbocycles. The van der Waals surface area contributed by atoms with Crippen molar-refractivity contribution in [3.8, 4) is 5.75 Å². The second-order valence-electron chi connectivity index (χ2n) is 8.67. The molecule has 4 N–H and O–H groups in total. The van der Waals surface area contributed by atoms with Crippen LogP contribution in [0.3, 0.4) is 0 Å². The highest BCUT2D eigenvalue weighted by Gasteiger charge is 2.55. The van der Waals surface area contributed by atoms with Crippen LogP contribution in [0.15, 0.2) is 41.5 Å². The van der Waals surface area contributed by atoms with Gasteiger partial charge in [-0.3, -0.25) is 4.79 Å². The van der Waals surface area contributed by atoms with Crippen molar-refractivity contribution >= 4 is 22.4 Å². The summed E-state index contributed by atoms with van der Waals surface area (Å²) in [5.74, 6) is 0.0855. The molecule has 2 atom stereocenters. The molecule has 0 radical (unpaired) electrons. The van der Waals surface area contributed by atoms with E-state index < -0.39 is 0 Å². The Kier molecular flexibility index (Phi) is 3.74. The molecule has 6 heteroatoms. The maximum atomic E-state index is 12.7. The van der Waals surface area contributed by atoms with E-state index in [1.54, 1.807) is 21.9 Å². The summed E-state index contributed by atoms with van der Waals surface area (Å²) in [6.45, 7) is 9.22. The van der Waals surface area contributed by atoms with E-state index in [1.807, 2.05) is 24.3 Å². The van der Waals surface area contributed by atoms with Gasteiger partial charge in [-0.25, -0.2) is 5.43 Å². The summed E-state index contributed by atoms with van der Waals surface area (Å²) in [6.07, 6.45) is 0. The number of amides is 1. The smallest absolute Gasteiger partial charge is 0.275 e. The number of nitrogens with zero attached hydrogens (tertiary/aromatic N) is 1. The number of nitrogens with one attached hydrogen (secondary N) is 3. The van der Waals surface area contributed by atoms with E-state index in [0.717, 1.165) is 42.7 Å². The Labute approximate surface area is 158 Å². The lowest BCUT2D eigenvalue weighted by Gasteiger charge is -2.43. The summed E-state index contributed by atoms with van der Waals surface area (Å²) in [6, 6.07) is 11.1. The number of phenolic OH excluding ortho intramolecular Hbond substituents is 1. The molecule has 0 saturated carbocycles. The highest BCUT2D eigenvalue weighted by atomic mass is 16.3. The lowest BCUT2D eigenvalue weighted by molar-refractivity contribution is -0.918. The Morgan fingerprint density at radius 1 is 1.15 bits per heavy atom. The minimum atomic E-state index is -0.346. The summed E-state index contributed by atoms with van der Waals surface area (Å²) in [4.78, 5) is 16.1. The second kappa shape index (κ2) is 6.04. The Balaban J connectivity index is 1.42. The van der Waals surface area contributed by atoms with Crippen LogP contribution in [0.5, 0.6) is 5.75 Å². The lowest BCUT2D eigenvalue weighted by Crippen LogP contribution is -3.16. The van der Waals surface area contributed by atoms with Gasteiger partial charge in [-0.2, -0.15) is 5.10 Å². The van der Waals surface area contributed by atoms with Crippen LogP contribution in [0, 0.1) is 11.3 Å². The van der Waals surface area contributed by atoms with Gasteiger partial charge in [0, 0.05) is 0 Å². The van der Waals surface area contributed by atoms with Crippen LogP contribution in [0.25, 0.3) is 10.8 Å². The normalized spacial score (nSPS) is 33.4. The second-order valence-corrected chi connectivity index (χ2v) is 8.67. The van der Waals surface area contributed by atoms with Gasteiger partial charge in [-0.1, -0.05) is 24.3 Å². The molecular weight excluding hydrogens is 340 g/mol. The highest BCUT2D eigenvalue weighted by Crippen LogP contribution is 2.27. The number of hydrazone groups is 1. The van der Waals surface area contributed by atoms with Gasteiger partial charge in [-0.15, -0.1) is 0 Å². The van der Waals surface area contributed by atoms with Crippen molar-refractivity contribution in [1.82, 2.24) is 5.43 Å². The average Bonchev–Trinajstić information content (AvgIpc) is 2.87. The quantitative estimate of drug-likeness (QED) is 0.519. The van der Waals surface area contributed by atoms with E-state index in [-0.39, 0.29) is 22.6 Å². The van der Waals surface area contributed by atoms with Crippen LogP contribution in [0.1, 0.15) is 17.3 Å². The fourth-order valence-electron chi connectivity index (χ4n) is 5.49. The molecule has 2 aromatic carbocycles. The number of rotatable bonds is 2. The summed E-state index contributed by atoms with van der Waals surface area (Å²) < 4.78 is 0. The molecule has 4 fully saturated rings. The van der Waals surface area contributed by atoms with Gasteiger partial charge in [-0.05, 0) is 29.8 Å². The molecular formula is C21H26N4O2+2. The average molecular weight is 366 g/mol. The lowest BCUT2D eigenvalue weighted by atomic mass is 9.72. The van der Waals surface area contributed by atoms with Gasteiger partial charge < -0.3 is 14.9 Å². The summed E-state index contributed by atoms with van der Waals surface area (Å²) in [5, 5.41) is 16.7. The number of quaternary nitrogens is 2. The molecule has 6 rings (SSSR count). The van der Waals surface area contributed by atoms with Crippen LogP contribution in [-0.4, -0.2) is 56.0 Å². The third-order valence-electron chi connectivity index (χ3n) is 6.57. The van der Waals surface area contributed by atoms with Crippen LogP contribution in [0.2, 0.25) is 0 Å². The topological polar surface area (TPSA) is 70.6 Å². The number of aromatic hydroxyl groups is 1. The maximum Gasteiger partial charge on any atom is 0.275 e. The molecule has 6 nitrogen and oxygen atoms in total. The zero-order chi connectivity index (χ0) is 18.6. The van der Waals surface area contributed by atoms with Crippen molar-refractivity contribution < 1.29 is 19.7 Å². The highest BCUT2D eigenvalue weighted by molar-refractivity contribution is 6.02. The largest absolute Gasteiger partial charge is 0.507 e. The Hall–Kier alpha value is -2.44. The van der Waals surface area contributed by atoms with Gasteiger partial charge in [0.1, 0.15) is 24.3 Å². The van der Waals surface area contributed by atoms with E-state index in [4.69, 9.17) is 0 Å². The van der Waals surface area contributed by atoms with E-state index >= 15 is 0 Å². The first-order valence-corrected chi connectivity index (χ1v) is 9.79. The minimum Gasteiger partial charge on any atom is -0.507 e. The molecule has 1 amide bonds. The molecule has 4 aliphatic rings.